The zero-order chi connectivity index (χ0) is 18.1. The average molecular weight is 349 g/mol. The Kier molecular flexibility index (Phi) is 4.12. The van der Waals surface area contributed by atoms with Crippen LogP contribution in [0.2, 0.25) is 0 Å². The number of hydrogen-bond acceptors (Lipinski definition) is 4. The van der Waals surface area contributed by atoms with Crippen LogP contribution in [0.25, 0.3) is 5.65 Å². The summed E-state index contributed by atoms with van der Waals surface area (Å²) in [6.45, 7) is 3.05. The van der Waals surface area contributed by atoms with Gasteiger partial charge in [0, 0.05) is 39.0 Å². The highest BCUT2D eigenvalue weighted by molar-refractivity contribution is 6.00. The van der Waals surface area contributed by atoms with Gasteiger partial charge in [-0.25, -0.2) is 9.50 Å². The van der Waals surface area contributed by atoms with Crippen LogP contribution in [0.4, 0.5) is 0 Å². The third-order valence-electron chi connectivity index (χ3n) is 4.78. The SMILES string of the molecule is CC(=O)N1CCN(C(=O)c2cnn3cccnc23)C(c2ccccc2)C1. The molecule has 0 bridgehead atoms. The molecule has 4 rings (SSSR count). The Labute approximate surface area is 150 Å². The highest BCUT2D eigenvalue weighted by atomic mass is 16.2. The van der Waals surface area contributed by atoms with Crippen molar-refractivity contribution >= 4 is 17.5 Å². The van der Waals surface area contributed by atoms with Crippen molar-refractivity contribution in [3.63, 3.8) is 0 Å². The molecule has 1 fully saturated rings. The Bertz CT molecular complexity index is 953. The van der Waals surface area contributed by atoms with Crippen molar-refractivity contribution in [2.75, 3.05) is 19.6 Å². The summed E-state index contributed by atoms with van der Waals surface area (Å²) < 4.78 is 1.59. The number of piperazine rings is 1. The van der Waals surface area contributed by atoms with Crippen LogP contribution in [0.5, 0.6) is 0 Å². The van der Waals surface area contributed by atoms with Crippen molar-refractivity contribution in [1.82, 2.24) is 24.4 Å². The molecule has 26 heavy (non-hydrogen) atoms. The summed E-state index contributed by atoms with van der Waals surface area (Å²) in [5, 5.41) is 4.22. The van der Waals surface area contributed by atoms with E-state index in [9.17, 15) is 9.59 Å². The van der Waals surface area contributed by atoms with Crippen LogP contribution in [-0.2, 0) is 4.79 Å². The molecular weight excluding hydrogens is 330 g/mol. The number of nitrogens with zero attached hydrogens (tertiary/aromatic N) is 5. The van der Waals surface area contributed by atoms with E-state index < -0.39 is 0 Å². The normalized spacial score (nSPS) is 17.5. The molecule has 7 heteroatoms. The van der Waals surface area contributed by atoms with Crippen molar-refractivity contribution in [3.05, 3.63) is 66.1 Å². The van der Waals surface area contributed by atoms with Crippen LogP contribution < -0.4 is 0 Å². The van der Waals surface area contributed by atoms with E-state index in [0.717, 1.165) is 5.56 Å². The van der Waals surface area contributed by atoms with Gasteiger partial charge in [0.1, 0.15) is 5.56 Å². The highest BCUT2D eigenvalue weighted by Gasteiger charge is 2.34. The standard InChI is InChI=1S/C19H19N5O2/c1-14(25)22-10-11-23(17(13-22)15-6-3-2-4-7-15)19(26)16-12-21-24-9-5-8-20-18(16)24/h2-9,12,17H,10-11,13H2,1H3. The maximum Gasteiger partial charge on any atom is 0.259 e. The van der Waals surface area contributed by atoms with Gasteiger partial charge >= 0.3 is 0 Å². The molecule has 0 aliphatic carbocycles. The van der Waals surface area contributed by atoms with E-state index in [2.05, 4.69) is 10.1 Å². The van der Waals surface area contributed by atoms with Gasteiger partial charge in [0.25, 0.3) is 5.91 Å². The smallest absolute Gasteiger partial charge is 0.259 e. The summed E-state index contributed by atoms with van der Waals surface area (Å²) in [5.74, 6) is -0.0913. The van der Waals surface area contributed by atoms with Crippen LogP contribution in [-0.4, -0.2) is 55.8 Å². The van der Waals surface area contributed by atoms with Crippen LogP contribution in [0, 0.1) is 0 Å². The van der Waals surface area contributed by atoms with E-state index in [0.29, 0.717) is 30.8 Å². The predicted octanol–water partition coefficient (Wildman–Crippen LogP) is 1.77. The van der Waals surface area contributed by atoms with Gasteiger partial charge in [-0.15, -0.1) is 0 Å². The minimum Gasteiger partial charge on any atom is -0.339 e. The van der Waals surface area contributed by atoms with Crippen molar-refractivity contribution < 1.29 is 9.59 Å². The summed E-state index contributed by atoms with van der Waals surface area (Å²) in [7, 11) is 0. The predicted molar refractivity (Wildman–Crippen MR) is 95.5 cm³/mol. The van der Waals surface area contributed by atoms with Crippen LogP contribution >= 0.6 is 0 Å². The van der Waals surface area contributed by atoms with Gasteiger partial charge in [-0.3, -0.25) is 9.59 Å². The number of hydrogen-bond donors (Lipinski definition) is 0. The lowest BCUT2D eigenvalue weighted by Gasteiger charge is -2.41. The first-order chi connectivity index (χ1) is 12.6. The molecule has 132 valence electrons. The Balaban J connectivity index is 1.71. The summed E-state index contributed by atoms with van der Waals surface area (Å²) in [4.78, 5) is 33.0. The maximum atomic E-state index is 13.3. The number of benzene rings is 1. The summed E-state index contributed by atoms with van der Waals surface area (Å²) in [6.07, 6.45) is 4.97. The van der Waals surface area contributed by atoms with Gasteiger partial charge in [-0.05, 0) is 11.6 Å². The molecular formula is C19H19N5O2. The maximum absolute atomic E-state index is 13.3. The first-order valence-corrected chi connectivity index (χ1v) is 8.55. The number of fused-ring (bicyclic) bond motifs is 1. The summed E-state index contributed by atoms with van der Waals surface area (Å²) in [6, 6.07) is 11.4. The van der Waals surface area contributed by atoms with E-state index in [1.54, 1.807) is 41.0 Å². The number of carbonyl (C=O) groups excluding carboxylic acids is 2. The van der Waals surface area contributed by atoms with Crippen molar-refractivity contribution in [1.29, 1.82) is 0 Å². The van der Waals surface area contributed by atoms with E-state index in [1.165, 1.54) is 0 Å². The van der Waals surface area contributed by atoms with Gasteiger partial charge in [-0.1, -0.05) is 30.3 Å². The Morgan fingerprint density at radius 1 is 1.12 bits per heavy atom. The zero-order valence-corrected chi connectivity index (χ0v) is 14.4. The van der Waals surface area contributed by atoms with Crippen molar-refractivity contribution in [2.45, 2.75) is 13.0 Å². The van der Waals surface area contributed by atoms with Gasteiger partial charge in [-0.2, -0.15) is 5.10 Å². The molecule has 1 aromatic carbocycles. The zero-order valence-electron chi connectivity index (χ0n) is 14.4. The lowest BCUT2D eigenvalue weighted by atomic mass is 10.0. The van der Waals surface area contributed by atoms with Gasteiger partial charge in [0.2, 0.25) is 5.91 Å². The Morgan fingerprint density at radius 3 is 2.69 bits per heavy atom. The lowest BCUT2D eigenvalue weighted by Crippen LogP contribution is -2.51. The third-order valence-corrected chi connectivity index (χ3v) is 4.78. The topological polar surface area (TPSA) is 70.8 Å². The molecule has 1 aliphatic rings. The Hall–Kier alpha value is -3.22. The van der Waals surface area contributed by atoms with E-state index in [1.807, 2.05) is 35.2 Å². The first-order valence-electron chi connectivity index (χ1n) is 8.55. The largest absolute Gasteiger partial charge is 0.339 e. The minimum absolute atomic E-state index is 0.0238. The molecule has 0 saturated carbocycles. The van der Waals surface area contributed by atoms with Crippen molar-refractivity contribution in [2.24, 2.45) is 0 Å². The summed E-state index contributed by atoms with van der Waals surface area (Å²) >= 11 is 0. The fourth-order valence-electron chi connectivity index (χ4n) is 3.41. The highest BCUT2D eigenvalue weighted by Crippen LogP contribution is 2.27. The third kappa shape index (κ3) is 2.81. The van der Waals surface area contributed by atoms with Crippen LogP contribution in [0.1, 0.15) is 28.9 Å². The van der Waals surface area contributed by atoms with E-state index in [4.69, 9.17) is 0 Å². The van der Waals surface area contributed by atoms with Crippen LogP contribution in [0.15, 0.2) is 55.0 Å². The molecule has 2 amide bonds. The van der Waals surface area contributed by atoms with E-state index >= 15 is 0 Å². The fourth-order valence-corrected chi connectivity index (χ4v) is 3.41. The lowest BCUT2D eigenvalue weighted by molar-refractivity contribution is -0.131. The molecule has 1 saturated heterocycles. The molecule has 0 N–H and O–H groups in total. The molecule has 7 nitrogen and oxygen atoms in total. The Morgan fingerprint density at radius 2 is 1.92 bits per heavy atom. The quantitative estimate of drug-likeness (QED) is 0.707. The summed E-state index contributed by atoms with van der Waals surface area (Å²) in [5.41, 5.74) is 2.03. The van der Waals surface area contributed by atoms with E-state index in [-0.39, 0.29) is 17.9 Å². The molecule has 1 atom stereocenters. The molecule has 3 aromatic rings. The number of carbonyl (C=O) groups is 2. The fraction of sp³-hybridized carbons (Fsp3) is 0.263. The molecule has 2 aromatic heterocycles. The number of aromatic nitrogens is 3. The molecule has 0 spiro atoms. The van der Waals surface area contributed by atoms with Gasteiger partial charge < -0.3 is 9.80 Å². The second-order valence-corrected chi connectivity index (χ2v) is 6.34. The van der Waals surface area contributed by atoms with Gasteiger partial charge in [0.05, 0.1) is 12.2 Å². The molecule has 1 aliphatic heterocycles. The molecule has 3 heterocycles. The molecule has 0 radical (unpaired) electrons. The molecule has 1 unspecified atom stereocenters. The average Bonchev–Trinajstić information content (AvgIpc) is 3.12. The monoisotopic (exact) mass is 349 g/mol. The minimum atomic E-state index is -0.194. The second-order valence-electron chi connectivity index (χ2n) is 6.34. The second kappa shape index (κ2) is 6.59. The first kappa shape index (κ1) is 16.3. The van der Waals surface area contributed by atoms with Crippen LogP contribution in [0.3, 0.4) is 0 Å². The number of amides is 2. The van der Waals surface area contributed by atoms with Crippen molar-refractivity contribution in [3.8, 4) is 0 Å². The number of rotatable bonds is 2. The van der Waals surface area contributed by atoms with Gasteiger partial charge in [0.15, 0.2) is 5.65 Å².